The Morgan fingerprint density at radius 1 is 0.744 bits per heavy atom. The summed E-state index contributed by atoms with van der Waals surface area (Å²) in [5.41, 5.74) is 1.64. The zero-order chi connectivity index (χ0) is 26.8. The Balaban J connectivity index is 1.02. The molecule has 3 aromatic carbocycles. The van der Waals surface area contributed by atoms with Gasteiger partial charge in [0.15, 0.2) is 0 Å². The third-order valence-corrected chi connectivity index (χ3v) is 9.45. The molecule has 200 valence electrons. The fourth-order valence-corrected chi connectivity index (χ4v) is 7.37. The summed E-state index contributed by atoms with van der Waals surface area (Å²) in [5.74, 6) is 0.434. The molecule has 0 spiro atoms. The van der Waals surface area contributed by atoms with Crippen molar-refractivity contribution in [2.75, 3.05) is 43.6 Å². The van der Waals surface area contributed by atoms with Gasteiger partial charge in [-0.1, -0.05) is 53.1 Å². The highest BCUT2D eigenvalue weighted by Crippen LogP contribution is 2.42. The van der Waals surface area contributed by atoms with Gasteiger partial charge in [-0.05, 0) is 67.2 Å². The molecule has 6 rings (SSSR count). The molecular weight excluding hydrogens is 508 g/mol. The van der Waals surface area contributed by atoms with E-state index in [2.05, 4.69) is 86.2 Å². The summed E-state index contributed by atoms with van der Waals surface area (Å²) >= 11 is 0. The second-order valence-corrected chi connectivity index (χ2v) is 11.7. The normalized spacial score (nSPS) is 19.3. The lowest BCUT2D eigenvalue weighted by Gasteiger charge is -2.40. The maximum absolute atomic E-state index is 12.6. The first kappa shape index (κ1) is 25.4. The van der Waals surface area contributed by atoms with Gasteiger partial charge in [-0.2, -0.15) is 0 Å². The maximum atomic E-state index is 12.6. The van der Waals surface area contributed by atoms with Crippen LogP contribution in [-0.2, 0) is 0 Å². The van der Waals surface area contributed by atoms with Crippen LogP contribution in [0, 0.1) is 0 Å². The lowest BCUT2D eigenvalue weighted by Crippen LogP contribution is -2.48. The second kappa shape index (κ2) is 11.1. The molecule has 1 N–H and O–H groups in total. The van der Waals surface area contributed by atoms with Crippen molar-refractivity contribution < 1.29 is 14.7 Å². The van der Waals surface area contributed by atoms with E-state index < -0.39 is 0 Å². The molecular formula is C31H32N4O3S. The van der Waals surface area contributed by atoms with Gasteiger partial charge >= 0.3 is 0 Å². The summed E-state index contributed by atoms with van der Waals surface area (Å²) < 4.78 is 2.46. The van der Waals surface area contributed by atoms with Crippen LogP contribution < -0.4 is 4.31 Å². The number of carbonyl (C=O) groups excluding carboxylic acids is 2. The molecule has 1 fully saturated rings. The lowest BCUT2D eigenvalue weighted by atomic mass is 10.1. The van der Waals surface area contributed by atoms with E-state index in [0.29, 0.717) is 12.1 Å². The molecule has 7 nitrogen and oxygen atoms in total. The second-order valence-electron chi connectivity index (χ2n) is 9.92. The van der Waals surface area contributed by atoms with Crippen LogP contribution in [0.2, 0.25) is 0 Å². The topological polar surface area (TPSA) is 67.3 Å². The Hall–Kier alpha value is -3.88. The number of imide groups is 1. The summed E-state index contributed by atoms with van der Waals surface area (Å²) in [7, 11) is -0.164. The molecule has 0 radical (unpaired) electrons. The quantitative estimate of drug-likeness (QED) is 0.252. The number of amides is 2. The molecule has 0 aliphatic carbocycles. The van der Waals surface area contributed by atoms with Crippen molar-refractivity contribution in [1.29, 1.82) is 0 Å². The molecule has 1 saturated heterocycles. The van der Waals surface area contributed by atoms with Gasteiger partial charge in [-0.3, -0.25) is 23.7 Å². The number of allylic oxidation sites excluding steroid dienone is 1. The number of phenolic OH excluding ortho intramolecular Hbond substituents is 1. The van der Waals surface area contributed by atoms with Crippen molar-refractivity contribution >= 4 is 33.5 Å². The third kappa shape index (κ3) is 4.97. The largest absolute Gasteiger partial charge is 0.507 e. The standard InChI is InChI=1S/C31H32N4O3S/c36-27-15-9-14-26-29(27)31(38)34(30(26)37)18-8-7-17-32-19-21-33(22-20-32)28-16-23-39(25-12-5-2-6-13-25)35(28)24-10-3-1-4-11-24/h1-6,9-16,23,36H,7-8,17-22H2. The SMILES string of the molecule is O=C1c2cccc(O)c2C(=O)N1CCCCN1CCN(C2=CC=S(c3ccccc3)N2c2ccccc2)CC1. The van der Waals surface area contributed by atoms with Gasteiger partial charge in [0, 0.05) is 37.6 Å². The van der Waals surface area contributed by atoms with Crippen molar-refractivity contribution in [3.05, 3.63) is 102 Å². The first-order valence-electron chi connectivity index (χ1n) is 13.5. The molecule has 0 aromatic heterocycles. The van der Waals surface area contributed by atoms with Gasteiger partial charge in [0.1, 0.15) is 11.6 Å². The van der Waals surface area contributed by atoms with E-state index in [9.17, 15) is 14.7 Å². The van der Waals surface area contributed by atoms with Crippen LogP contribution in [0.15, 0.2) is 95.7 Å². The van der Waals surface area contributed by atoms with Crippen molar-refractivity contribution in [3.63, 3.8) is 0 Å². The molecule has 0 saturated carbocycles. The number of fused-ring (bicyclic) bond motifs is 1. The van der Waals surface area contributed by atoms with Gasteiger partial charge in [0.2, 0.25) is 0 Å². The first-order chi connectivity index (χ1) is 19.1. The molecule has 3 aliphatic rings. The molecule has 1 unspecified atom stereocenters. The number of nitrogens with zero attached hydrogens (tertiary/aromatic N) is 4. The smallest absolute Gasteiger partial charge is 0.265 e. The number of anilines is 1. The van der Waals surface area contributed by atoms with Gasteiger partial charge in [0.05, 0.1) is 16.8 Å². The number of unbranched alkanes of at least 4 members (excludes halogenated alkanes) is 1. The predicted molar refractivity (Wildman–Crippen MR) is 156 cm³/mol. The highest BCUT2D eigenvalue weighted by atomic mass is 32.2. The van der Waals surface area contributed by atoms with Crippen LogP contribution in [0.4, 0.5) is 5.69 Å². The van der Waals surface area contributed by atoms with E-state index in [4.69, 9.17) is 0 Å². The molecule has 1 atom stereocenters. The summed E-state index contributed by atoms with van der Waals surface area (Å²) in [5, 5.41) is 12.3. The van der Waals surface area contributed by atoms with Gasteiger partial charge < -0.3 is 10.0 Å². The number of benzene rings is 3. The summed E-state index contributed by atoms with van der Waals surface area (Å²) in [6, 6.07) is 26.0. The number of phenols is 1. The number of carbonyl (C=O) groups is 2. The molecule has 8 heteroatoms. The number of aromatic hydroxyl groups is 1. The van der Waals surface area contributed by atoms with E-state index in [-0.39, 0.29) is 33.8 Å². The Morgan fingerprint density at radius 2 is 1.44 bits per heavy atom. The number of para-hydroxylation sites is 1. The highest BCUT2D eigenvalue weighted by Gasteiger charge is 2.37. The van der Waals surface area contributed by atoms with Crippen molar-refractivity contribution in [2.45, 2.75) is 17.7 Å². The van der Waals surface area contributed by atoms with E-state index in [1.54, 1.807) is 12.1 Å². The van der Waals surface area contributed by atoms with E-state index in [0.717, 1.165) is 45.6 Å². The predicted octanol–water partition coefficient (Wildman–Crippen LogP) is 4.79. The van der Waals surface area contributed by atoms with Crippen LogP contribution in [0.5, 0.6) is 5.75 Å². The zero-order valence-electron chi connectivity index (χ0n) is 21.8. The lowest BCUT2D eigenvalue weighted by molar-refractivity contribution is 0.0648. The molecule has 0 bridgehead atoms. The van der Waals surface area contributed by atoms with Crippen LogP contribution in [0.1, 0.15) is 33.6 Å². The van der Waals surface area contributed by atoms with Crippen LogP contribution in [0.25, 0.3) is 0 Å². The average Bonchev–Trinajstić information content (AvgIpc) is 3.52. The van der Waals surface area contributed by atoms with Crippen molar-refractivity contribution in [2.24, 2.45) is 0 Å². The first-order valence-corrected chi connectivity index (χ1v) is 14.7. The Labute approximate surface area is 231 Å². The third-order valence-electron chi connectivity index (χ3n) is 7.51. The van der Waals surface area contributed by atoms with E-state index >= 15 is 0 Å². The molecule has 3 aromatic rings. The van der Waals surface area contributed by atoms with Gasteiger partial charge in [-0.25, -0.2) is 0 Å². The van der Waals surface area contributed by atoms with E-state index in [1.165, 1.54) is 27.4 Å². The highest BCUT2D eigenvalue weighted by molar-refractivity contribution is 8.16. The van der Waals surface area contributed by atoms with Crippen molar-refractivity contribution in [3.8, 4) is 5.75 Å². The van der Waals surface area contributed by atoms with Gasteiger partial charge in [0.25, 0.3) is 11.8 Å². The Morgan fingerprint density at radius 3 is 2.15 bits per heavy atom. The van der Waals surface area contributed by atoms with Gasteiger partial charge in [-0.15, -0.1) is 0 Å². The molecule has 39 heavy (non-hydrogen) atoms. The minimum atomic E-state index is -0.388. The summed E-state index contributed by atoms with van der Waals surface area (Å²) in [6.45, 7) is 5.16. The number of piperazine rings is 1. The molecule has 3 heterocycles. The molecule has 3 aliphatic heterocycles. The minimum Gasteiger partial charge on any atom is -0.507 e. The average molecular weight is 541 g/mol. The van der Waals surface area contributed by atoms with Crippen LogP contribution >= 0.6 is 10.7 Å². The molecule has 2 amide bonds. The fourth-order valence-electron chi connectivity index (χ4n) is 5.47. The Bertz CT molecular complexity index is 1430. The number of hydrogen-bond acceptors (Lipinski definition) is 6. The van der Waals surface area contributed by atoms with Crippen LogP contribution in [0.3, 0.4) is 0 Å². The fraction of sp³-hybridized carbons (Fsp3) is 0.258. The monoisotopic (exact) mass is 540 g/mol. The van der Waals surface area contributed by atoms with Crippen molar-refractivity contribution in [1.82, 2.24) is 14.7 Å². The zero-order valence-corrected chi connectivity index (χ0v) is 22.6. The Kier molecular flexibility index (Phi) is 7.22. The van der Waals surface area contributed by atoms with E-state index in [1.807, 2.05) is 0 Å². The van der Waals surface area contributed by atoms with Crippen LogP contribution in [-0.4, -0.2) is 76.3 Å². The number of hydrogen-bond donors (Lipinski definition) is 1. The summed E-state index contributed by atoms with van der Waals surface area (Å²) in [6.07, 6.45) is 3.93. The summed E-state index contributed by atoms with van der Waals surface area (Å²) in [4.78, 5) is 32.8. The maximum Gasteiger partial charge on any atom is 0.265 e. The minimum absolute atomic E-state index is 0.123. The number of rotatable bonds is 8.